The minimum Gasteiger partial charge on any atom is -0.478 e. The number of amides is 2. The van der Waals surface area contributed by atoms with E-state index in [-0.39, 0.29) is 22.0 Å². The van der Waals surface area contributed by atoms with Crippen LogP contribution in [-0.2, 0) is 11.3 Å². The lowest BCUT2D eigenvalue weighted by molar-refractivity contribution is -0.123. The quantitative estimate of drug-likeness (QED) is 0.496. The van der Waals surface area contributed by atoms with Crippen molar-refractivity contribution >= 4 is 46.6 Å². The SMILES string of the molecule is O=C(O)c1ccc(-c2ccc(/C=C3/SC(=O)N(Cc4ccc(F)cc4)C3=O)o2)cc1Cl. The number of furan rings is 1. The number of hydrogen-bond donors (Lipinski definition) is 1. The van der Waals surface area contributed by atoms with Crippen molar-refractivity contribution in [2.24, 2.45) is 0 Å². The van der Waals surface area contributed by atoms with Gasteiger partial charge in [-0.25, -0.2) is 9.18 Å². The van der Waals surface area contributed by atoms with Crippen molar-refractivity contribution in [3.05, 3.63) is 87.2 Å². The normalized spacial score (nSPS) is 15.2. The van der Waals surface area contributed by atoms with Gasteiger partial charge in [-0.2, -0.15) is 0 Å². The Hall–Kier alpha value is -3.36. The molecule has 0 atom stereocenters. The van der Waals surface area contributed by atoms with E-state index in [1.54, 1.807) is 18.2 Å². The molecule has 1 aliphatic rings. The topological polar surface area (TPSA) is 87.8 Å². The maximum Gasteiger partial charge on any atom is 0.337 e. The van der Waals surface area contributed by atoms with Gasteiger partial charge < -0.3 is 9.52 Å². The molecule has 1 N–H and O–H groups in total. The number of aromatic carboxylic acids is 1. The highest BCUT2D eigenvalue weighted by Crippen LogP contribution is 2.34. The number of carboxylic acid groups (broad SMARTS) is 1. The molecule has 4 rings (SSSR count). The molecule has 156 valence electrons. The van der Waals surface area contributed by atoms with E-state index in [9.17, 15) is 18.8 Å². The smallest absolute Gasteiger partial charge is 0.337 e. The highest BCUT2D eigenvalue weighted by molar-refractivity contribution is 8.18. The molecular weight excluding hydrogens is 445 g/mol. The molecule has 3 aromatic rings. The molecule has 0 unspecified atom stereocenters. The average molecular weight is 458 g/mol. The number of rotatable bonds is 5. The van der Waals surface area contributed by atoms with Gasteiger partial charge >= 0.3 is 5.97 Å². The van der Waals surface area contributed by atoms with Gasteiger partial charge in [-0.15, -0.1) is 0 Å². The van der Waals surface area contributed by atoms with Gasteiger partial charge in [-0.3, -0.25) is 14.5 Å². The summed E-state index contributed by atoms with van der Waals surface area (Å²) in [6, 6.07) is 13.3. The third-order valence-electron chi connectivity index (χ3n) is 4.51. The molecule has 1 aromatic heterocycles. The van der Waals surface area contributed by atoms with Crippen LogP contribution in [0.3, 0.4) is 0 Å². The Morgan fingerprint density at radius 2 is 1.87 bits per heavy atom. The van der Waals surface area contributed by atoms with Crippen LogP contribution in [0.5, 0.6) is 0 Å². The fourth-order valence-corrected chi connectivity index (χ4v) is 4.05. The largest absolute Gasteiger partial charge is 0.478 e. The van der Waals surface area contributed by atoms with E-state index >= 15 is 0 Å². The minimum atomic E-state index is -1.13. The number of imide groups is 1. The van der Waals surface area contributed by atoms with Crippen LogP contribution in [0.15, 0.2) is 63.9 Å². The summed E-state index contributed by atoms with van der Waals surface area (Å²) in [5.74, 6) is -1.22. The Morgan fingerprint density at radius 3 is 2.55 bits per heavy atom. The second kappa shape index (κ2) is 8.41. The summed E-state index contributed by atoms with van der Waals surface area (Å²) in [7, 11) is 0. The van der Waals surface area contributed by atoms with Crippen molar-refractivity contribution < 1.29 is 28.3 Å². The van der Waals surface area contributed by atoms with E-state index in [2.05, 4.69) is 0 Å². The highest BCUT2D eigenvalue weighted by Gasteiger charge is 2.35. The first-order chi connectivity index (χ1) is 14.8. The first-order valence-corrected chi connectivity index (χ1v) is 10.1. The summed E-state index contributed by atoms with van der Waals surface area (Å²) < 4.78 is 18.8. The van der Waals surface area contributed by atoms with Crippen molar-refractivity contribution in [1.29, 1.82) is 0 Å². The zero-order chi connectivity index (χ0) is 22.1. The third-order valence-corrected chi connectivity index (χ3v) is 5.73. The van der Waals surface area contributed by atoms with Gasteiger partial charge in [-0.1, -0.05) is 29.8 Å². The van der Waals surface area contributed by atoms with Crippen molar-refractivity contribution in [2.45, 2.75) is 6.54 Å². The van der Waals surface area contributed by atoms with Gasteiger partial charge in [0.15, 0.2) is 0 Å². The number of carbonyl (C=O) groups excluding carboxylic acids is 2. The van der Waals surface area contributed by atoms with Crippen molar-refractivity contribution in [1.82, 2.24) is 4.90 Å². The number of hydrogen-bond acceptors (Lipinski definition) is 5. The monoisotopic (exact) mass is 457 g/mol. The van der Waals surface area contributed by atoms with Crippen LogP contribution in [0.1, 0.15) is 21.7 Å². The first kappa shape index (κ1) is 20.9. The van der Waals surface area contributed by atoms with E-state index < -0.39 is 22.9 Å². The van der Waals surface area contributed by atoms with Gasteiger partial charge in [0.05, 0.1) is 22.0 Å². The van der Waals surface area contributed by atoms with Crippen molar-refractivity contribution in [3.8, 4) is 11.3 Å². The molecule has 31 heavy (non-hydrogen) atoms. The maximum absolute atomic E-state index is 13.1. The van der Waals surface area contributed by atoms with Gasteiger partial charge in [-0.05, 0) is 53.7 Å². The number of carboxylic acids is 1. The summed E-state index contributed by atoms with van der Waals surface area (Å²) in [4.78, 5) is 37.3. The van der Waals surface area contributed by atoms with E-state index in [0.29, 0.717) is 22.6 Å². The molecule has 0 spiro atoms. The van der Waals surface area contributed by atoms with E-state index in [1.807, 2.05) is 0 Å². The van der Waals surface area contributed by atoms with Crippen molar-refractivity contribution in [3.63, 3.8) is 0 Å². The molecule has 0 bridgehead atoms. The summed E-state index contributed by atoms with van der Waals surface area (Å²) in [5, 5.41) is 8.71. The Morgan fingerprint density at radius 1 is 1.13 bits per heavy atom. The van der Waals surface area contributed by atoms with Crippen LogP contribution >= 0.6 is 23.4 Å². The lowest BCUT2D eigenvalue weighted by atomic mass is 10.1. The molecule has 0 saturated carbocycles. The van der Waals surface area contributed by atoms with E-state index in [1.165, 1.54) is 42.5 Å². The number of thioether (sulfide) groups is 1. The summed E-state index contributed by atoms with van der Waals surface area (Å²) >= 11 is 6.79. The predicted molar refractivity (Wildman–Crippen MR) is 114 cm³/mol. The standard InChI is InChI=1S/C22H13ClFNO5S/c23-17-9-13(3-7-16(17)21(27)28)18-8-6-15(30-18)10-19-20(26)25(22(29)31-19)11-12-1-4-14(24)5-2-12/h1-10H,11H2,(H,27,28)/b19-10+. The Kier molecular flexibility index (Phi) is 5.67. The van der Waals surface area contributed by atoms with Crippen molar-refractivity contribution in [2.75, 3.05) is 0 Å². The predicted octanol–water partition coefficient (Wildman–Crippen LogP) is 5.67. The molecule has 0 radical (unpaired) electrons. The minimum absolute atomic E-state index is 0.0213. The molecule has 2 heterocycles. The summed E-state index contributed by atoms with van der Waals surface area (Å²) in [6.45, 7) is 0.0418. The molecule has 2 aromatic carbocycles. The van der Waals surface area contributed by atoms with Gasteiger partial charge in [0.2, 0.25) is 0 Å². The highest BCUT2D eigenvalue weighted by atomic mass is 35.5. The zero-order valence-corrected chi connectivity index (χ0v) is 17.2. The third kappa shape index (κ3) is 4.40. The second-order valence-electron chi connectivity index (χ2n) is 6.60. The number of carbonyl (C=O) groups is 3. The summed E-state index contributed by atoms with van der Waals surface area (Å²) in [5.41, 5.74) is 1.18. The fraction of sp³-hybridized carbons (Fsp3) is 0.0455. The number of benzene rings is 2. The Labute approximate surface area is 184 Å². The lowest BCUT2D eigenvalue weighted by Crippen LogP contribution is -2.27. The fourth-order valence-electron chi connectivity index (χ4n) is 2.97. The molecular formula is C22H13ClFNO5S. The van der Waals surface area contributed by atoms with E-state index in [4.69, 9.17) is 21.1 Å². The average Bonchev–Trinajstić information content (AvgIpc) is 3.29. The molecule has 1 aliphatic heterocycles. The second-order valence-corrected chi connectivity index (χ2v) is 8.00. The summed E-state index contributed by atoms with van der Waals surface area (Å²) in [6.07, 6.45) is 1.46. The molecule has 1 saturated heterocycles. The molecule has 6 nitrogen and oxygen atoms in total. The zero-order valence-electron chi connectivity index (χ0n) is 15.7. The number of halogens is 2. The first-order valence-electron chi connectivity index (χ1n) is 8.94. The molecule has 0 aliphatic carbocycles. The van der Waals surface area contributed by atoms with Crippen LogP contribution in [0, 0.1) is 5.82 Å². The van der Waals surface area contributed by atoms with Gasteiger partial charge in [0.1, 0.15) is 17.3 Å². The van der Waals surface area contributed by atoms with Crippen LogP contribution in [-0.4, -0.2) is 27.1 Å². The van der Waals surface area contributed by atoms with Crippen LogP contribution in [0.2, 0.25) is 5.02 Å². The number of nitrogens with zero attached hydrogens (tertiary/aromatic N) is 1. The molecule has 2 amide bonds. The van der Waals surface area contributed by atoms with Gasteiger partial charge in [0, 0.05) is 11.6 Å². The molecule has 1 fully saturated rings. The Balaban J connectivity index is 1.53. The lowest BCUT2D eigenvalue weighted by Gasteiger charge is -2.12. The Bertz CT molecular complexity index is 1230. The van der Waals surface area contributed by atoms with E-state index in [0.717, 1.165) is 16.7 Å². The van der Waals surface area contributed by atoms with Crippen LogP contribution in [0.4, 0.5) is 9.18 Å². The van der Waals surface area contributed by atoms with Crippen LogP contribution in [0.25, 0.3) is 17.4 Å². The molecule has 9 heteroatoms. The van der Waals surface area contributed by atoms with Crippen LogP contribution < -0.4 is 0 Å². The maximum atomic E-state index is 13.1. The van der Waals surface area contributed by atoms with Gasteiger partial charge in [0.25, 0.3) is 11.1 Å².